The molecule has 2 N–H and O–H groups in total. The Kier molecular flexibility index (Phi) is 4.88. The van der Waals surface area contributed by atoms with Gasteiger partial charge in [0.05, 0.1) is 21.0 Å². The Labute approximate surface area is 131 Å². The lowest BCUT2D eigenvalue weighted by Crippen LogP contribution is -2.40. The summed E-state index contributed by atoms with van der Waals surface area (Å²) in [7, 11) is -3.11. The molecule has 6 nitrogen and oxygen atoms in total. The van der Waals surface area contributed by atoms with E-state index in [9.17, 15) is 18.0 Å². The van der Waals surface area contributed by atoms with Crippen LogP contribution < -0.4 is 10.9 Å². The average Bonchev–Trinajstić information content (AvgIpc) is 2.41. The molecule has 2 heterocycles. The van der Waals surface area contributed by atoms with Gasteiger partial charge in [0.15, 0.2) is 9.84 Å². The summed E-state index contributed by atoms with van der Waals surface area (Å²) in [5.74, 6) is -0.193. The molecule has 1 amide bonds. The fourth-order valence-corrected chi connectivity index (χ4v) is 4.52. The molecule has 1 saturated heterocycles. The zero-order valence-corrected chi connectivity index (χ0v) is 14.0. The summed E-state index contributed by atoms with van der Waals surface area (Å²) in [6, 6.07) is 1.44. The predicted molar refractivity (Wildman–Crippen MR) is 83.3 cm³/mol. The highest BCUT2D eigenvalue weighted by molar-refractivity contribution is 9.10. The molecule has 0 spiro atoms. The third-order valence-corrected chi connectivity index (χ3v) is 6.51. The van der Waals surface area contributed by atoms with Gasteiger partial charge in [0.2, 0.25) is 0 Å². The van der Waals surface area contributed by atoms with E-state index in [2.05, 4.69) is 26.2 Å². The molecule has 1 aliphatic heterocycles. The summed E-state index contributed by atoms with van der Waals surface area (Å²) in [5.41, 5.74) is 0.473. The zero-order valence-electron chi connectivity index (χ0n) is 11.6. The minimum Gasteiger partial charge on any atom is -0.351 e. The first kappa shape index (κ1) is 16.2. The number of sulfone groups is 1. The lowest BCUT2D eigenvalue weighted by molar-refractivity contribution is 0.0952. The van der Waals surface area contributed by atoms with E-state index in [1.54, 1.807) is 6.92 Å². The molecule has 116 valence electrons. The van der Waals surface area contributed by atoms with Crippen molar-refractivity contribution < 1.29 is 13.2 Å². The lowest BCUT2D eigenvalue weighted by Gasteiger charge is -2.22. The van der Waals surface area contributed by atoms with Crippen LogP contribution >= 0.6 is 15.9 Å². The lowest BCUT2D eigenvalue weighted by atomic mass is 10.1. The number of amides is 1. The third-order valence-electron chi connectivity index (χ3n) is 3.64. The van der Waals surface area contributed by atoms with Crippen LogP contribution in [0, 0.1) is 6.92 Å². The molecule has 0 radical (unpaired) electrons. The van der Waals surface area contributed by atoms with Crippen LogP contribution in [0.2, 0.25) is 0 Å². The van der Waals surface area contributed by atoms with E-state index in [0.29, 0.717) is 24.1 Å². The smallest absolute Gasteiger partial charge is 0.262 e. The van der Waals surface area contributed by atoms with Crippen molar-refractivity contribution in [3.63, 3.8) is 0 Å². The molecule has 1 fully saturated rings. The molecule has 0 aromatic carbocycles. The number of aryl methyl sites for hydroxylation is 1. The molecule has 0 saturated carbocycles. The minimum atomic E-state index is -3.11. The highest BCUT2D eigenvalue weighted by Crippen LogP contribution is 2.19. The number of carbonyl (C=O) groups is 1. The summed E-state index contributed by atoms with van der Waals surface area (Å²) in [4.78, 5) is 26.1. The highest BCUT2D eigenvalue weighted by atomic mass is 79.9. The van der Waals surface area contributed by atoms with Crippen molar-refractivity contribution in [3.05, 3.63) is 32.2 Å². The van der Waals surface area contributed by atoms with Crippen molar-refractivity contribution in [2.45, 2.75) is 31.4 Å². The molecule has 0 aliphatic carbocycles. The van der Waals surface area contributed by atoms with Crippen LogP contribution in [-0.4, -0.2) is 36.9 Å². The average molecular weight is 377 g/mol. The number of hydrogen-bond acceptors (Lipinski definition) is 4. The summed E-state index contributed by atoms with van der Waals surface area (Å²) >= 11 is 3.07. The van der Waals surface area contributed by atoms with Crippen LogP contribution in [0.5, 0.6) is 0 Å². The molecule has 1 aliphatic rings. The van der Waals surface area contributed by atoms with Gasteiger partial charge >= 0.3 is 0 Å². The van der Waals surface area contributed by atoms with Gasteiger partial charge in [-0.2, -0.15) is 0 Å². The molecule has 0 bridgehead atoms. The SMILES string of the molecule is Cc1[nH]c(=O)c(Br)cc1C(=O)NCC1CCCCS1(=O)=O. The van der Waals surface area contributed by atoms with E-state index in [1.807, 2.05) is 0 Å². The molecule has 8 heteroatoms. The zero-order chi connectivity index (χ0) is 15.6. The second-order valence-corrected chi connectivity index (χ2v) is 8.43. The van der Waals surface area contributed by atoms with E-state index in [4.69, 9.17) is 0 Å². The van der Waals surface area contributed by atoms with Crippen LogP contribution in [0.4, 0.5) is 0 Å². The van der Waals surface area contributed by atoms with Crippen LogP contribution in [0.25, 0.3) is 0 Å². The normalized spacial score (nSPS) is 21.0. The third kappa shape index (κ3) is 3.74. The van der Waals surface area contributed by atoms with Crippen LogP contribution in [0.3, 0.4) is 0 Å². The predicted octanol–water partition coefficient (Wildman–Crippen LogP) is 1.14. The van der Waals surface area contributed by atoms with Crippen molar-refractivity contribution >= 4 is 31.7 Å². The molecule has 1 aromatic rings. The Hall–Kier alpha value is -1.15. The van der Waals surface area contributed by atoms with Gasteiger partial charge in [-0.15, -0.1) is 0 Å². The molecule has 1 unspecified atom stereocenters. The van der Waals surface area contributed by atoms with E-state index in [-0.39, 0.29) is 28.2 Å². The topological polar surface area (TPSA) is 96.1 Å². The number of pyridine rings is 1. The standard InChI is InChI=1S/C13H17BrN2O4S/c1-8-10(6-11(14)13(18)16-8)12(17)15-7-9-4-2-3-5-21(9,19)20/h6,9H,2-5,7H2,1H3,(H,15,17)(H,16,18). The Morgan fingerprint density at radius 1 is 1.48 bits per heavy atom. The van der Waals surface area contributed by atoms with Gasteiger partial charge in [0, 0.05) is 12.2 Å². The summed E-state index contributed by atoms with van der Waals surface area (Å²) in [5, 5.41) is 2.14. The Morgan fingerprint density at radius 2 is 2.19 bits per heavy atom. The largest absolute Gasteiger partial charge is 0.351 e. The van der Waals surface area contributed by atoms with Crippen LogP contribution in [-0.2, 0) is 9.84 Å². The first-order valence-corrected chi connectivity index (χ1v) is 9.21. The van der Waals surface area contributed by atoms with Gasteiger partial charge in [-0.3, -0.25) is 9.59 Å². The van der Waals surface area contributed by atoms with Gasteiger partial charge in [-0.1, -0.05) is 6.42 Å². The Balaban J connectivity index is 2.09. The first-order valence-electron chi connectivity index (χ1n) is 6.70. The van der Waals surface area contributed by atoms with Crippen molar-refractivity contribution in [2.24, 2.45) is 0 Å². The van der Waals surface area contributed by atoms with Gasteiger partial charge in [-0.25, -0.2) is 8.42 Å². The second-order valence-electron chi connectivity index (χ2n) is 5.18. The molecule has 1 aromatic heterocycles. The van der Waals surface area contributed by atoms with Crippen molar-refractivity contribution in [1.29, 1.82) is 0 Å². The molecular formula is C13H17BrN2O4S. The summed E-state index contributed by atoms with van der Waals surface area (Å²) in [6.45, 7) is 1.73. The maximum atomic E-state index is 12.1. The summed E-state index contributed by atoms with van der Waals surface area (Å²) in [6.07, 6.45) is 2.14. The number of nitrogens with one attached hydrogen (secondary N) is 2. The number of halogens is 1. The van der Waals surface area contributed by atoms with Crippen molar-refractivity contribution in [1.82, 2.24) is 10.3 Å². The Bertz CT molecular complexity index is 711. The second kappa shape index (κ2) is 6.31. The first-order chi connectivity index (χ1) is 9.81. The van der Waals surface area contributed by atoms with Crippen molar-refractivity contribution in [2.75, 3.05) is 12.3 Å². The quantitative estimate of drug-likeness (QED) is 0.826. The minimum absolute atomic E-state index is 0.108. The Morgan fingerprint density at radius 3 is 2.86 bits per heavy atom. The number of aromatic amines is 1. The molecule has 2 rings (SSSR count). The molecular weight excluding hydrogens is 360 g/mol. The van der Waals surface area contributed by atoms with Crippen molar-refractivity contribution in [3.8, 4) is 0 Å². The van der Waals surface area contributed by atoms with E-state index >= 15 is 0 Å². The van der Waals surface area contributed by atoms with Crippen LogP contribution in [0.1, 0.15) is 35.3 Å². The molecule has 21 heavy (non-hydrogen) atoms. The highest BCUT2D eigenvalue weighted by Gasteiger charge is 2.29. The maximum absolute atomic E-state index is 12.1. The van der Waals surface area contributed by atoms with Gasteiger partial charge in [-0.05, 0) is 41.8 Å². The maximum Gasteiger partial charge on any atom is 0.262 e. The number of hydrogen-bond donors (Lipinski definition) is 2. The number of H-pyrrole nitrogens is 1. The fourth-order valence-electron chi connectivity index (χ4n) is 2.39. The van der Waals surface area contributed by atoms with Gasteiger partial charge in [0.1, 0.15) is 0 Å². The number of carbonyl (C=O) groups excluding carboxylic acids is 1. The van der Waals surface area contributed by atoms with Gasteiger partial charge < -0.3 is 10.3 Å². The molecule has 1 atom stereocenters. The summed E-state index contributed by atoms with van der Waals surface area (Å²) < 4.78 is 24.0. The van der Waals surface area contributed by atoms with Gasteiger partial charge in [0.25, 0.3) is 11.5 Å². The fraction of sp³-hybridized carbons (Fsp3) is 0.538. The van der Waals surface area contributed by atoms with E-state index in [0.717, 1.165) is 6.42 Å². The number of aromatic nitrogens is 1. The van der Waals surface area contributed by atoms with Crippen LogP contribution in [0.15, 0.2) is 15.3 Å². The van der Waals surface area contributed by atoms with E-state index in [1.165, 1.54) is 6.07 Å². The number of rotatable bonds is 3. The monoisotopic (exact) mass is 376 g/mol. The van der Waals surface area contributed by atoms with E-state index < -0.39 is 15.1 Å².